The van der Waals surface area contributed by atoms with Gasteiger partial charge >= 0.3 is 0 Å². The number of fused-ring (bicyclic) bond motifs is 18. The lowest BCUT2D eigenvalue weighted by molar-refractivity contribution is 0.892. The Kier molecular flexibility index (Phi) is 8.90. The maximum Gasteiger partial charge on any atom is 0.0641 e. The standard InChI is InChI=1S/C72H46N4S2/c1-9-29-55-43(19-1)44-20-2-10-30-56(44)75(55)69-49(39-41-61-67(69)53-25-5-13-33-59(53)73(61)63-35-17-27-51-47-23-7-15-37-65(47)77-71(51)63)50-40-42-62-68(70(50)76-57-31-11-3-21-45(57)46-22-4-12-32-58(46)76)54-26-6-14-34-60(54)74(62)64-36-18-28-52-48-24-8-16-38-66(48)78-72(52)64/h1-11,13-14,16-31,33-36,38-42H,12,15,32,37H2. The molecule has 4 nitrogen and oxygen atoms in total. The first kappa shape index (κ1) is 43.0. The van der Waals surface area contributed by atoms with Crippen LogP contribution in [-0.2, 0) is 12.8 Å². The molecule has 6 aromatic heterocycles. The van der Waals surface area contributed by atoms with Gasteiger partial charge < -0.3 is 18.3 Å². The molecule has 6 heteroatoms. The predicted molar refractivity (Wildman–Crippen MR) is 335 cm³/mol. The second-order valence-corrected chi connectivity index (χ2v) is 23.4. The molecule has 18 rings (SSSR count). The zero-order valence-electron chi connectivity index (χ0n) is 42.4. The number of para-hydroxylation sites is 5. The van der Waals surface area contributed by atoms with Gasteiger partial charge in [-0.3, -0.25) is 0 Å². The Balaban J connectivity index is 1.04. The number of hydrogen-bond acceptors (Lipinski definition) is 2. The summed E-state index contributed by atoms with van der Waals surface area (Å²) in [5, 5.41) is 12.7. The molecular formula is C72H46N4S2. The summed E-state index contributed by atoms with van der Waals surface area (Å²) in [5.74, 6) is 0. The van der Waals surface area contributed by atoms with E-state index < -0.39 is 0 Å². The number of rotatable bonds is 5. The van der Waals surface area contributed by atoms with Crippen LogP contribution in [0.4, 0.5) is 0 Å². The monoisotopic (exact) mass is 1030 g/mol. The van der Waals surface area contributed by atoms with Crippen LogP contribution >= 0.6 is 22.7 Å². The third kappa shape index (κ3) is 5.72. The van der Waals surface area contributed by atoms with Crippen LogP contribution < -0.4 is 0 Å². The average molecular weight is 1030 g/mol. The van der Waals surface area contributed by atoms with E-state index in [0.29, 0.717) is 0 Å². The van der Waals surface area contributed by atoms with E-state index >= 15 is 0 Å². The van der Waals surface area contributed by atoms with Crippen molar-refractivity contribution < 1.29 is 0 Å². The molecule has 0 N–H and O–H groups in total. The number of thiophene rings is 2. The van der Waals surface area contributed by atoms with Crippen molar-refractivity contribution in [3.63, 3.8) is 0 Å². The second kappa shape index (κ2) is 16.2. The van der Waals surface area contributed by atoms with Crippen molar-refractivity contribution in [2.75, 3.05) is 0 Å². The molecule has 366 valence electrons. The summed E-state index contributed by atoms with van der Waals surface area (Å²) in [7, 11) is 0. The lowest BCUT2D eigenvalue weighted by Gasteiger charge is -2.22. The third-order valence-electron chi connectivity index (χ3n) is 17.3. The highest BCUT2D eigenvalue weighted by Crippen LogP contribution is 2.51. The topological polar surface area (TPSA) is 19.7 Å². The summed E-state index contributed by atoms with van der Waals surface area (Å²) in [6.07, 6.45) is 13.6. The minimum atomic E-state index is 0.940. The van der Waals surface area contributed by atoms with Crippen LogP contribution in [0.5, 0.6) is 0 Å². The Hall–Kier alpha value is -9.20. The van der Waals surface area contributed by atoms with E-state index in [0.717, 1.165) is 25.7 Å². The number of hydrogen-bond donors (Lipinski definition) is 0. The fraction of sp³-hybridized carbons (Fsp3) is 0.0556. The molecule has 0 amide bonds. The molecule has 2 aliphatic rings. The molecule has 16 aromatic rings. The van der Waals surface area contributed by atoms with Crippen LogP contribution in [0.2, 0.25) is 0 Å². The molecule has 0 fully saturated rings. The molecule has 0 saturated carbocycles. The summed E-state index contributed by atoms with van der Waals surface area (Å²) >= 11 is 3.87. The van der Waals surface area contributed by atoms with Crippen LogP contribution in [0.25, 0.3) is 153 Å². The first-order valence-corrected chi connectivity index (χ1v) is 28.9. The van der Waals surface area contributed by atoms with E-state index in [1.807, 2.05) is 22.7 Å². The van der Waals surface area contributed by atoms with Crippen LogP contribution in [0.15, 0.2) is 218 Å². The molecule has 10 aromatic carbocycles. The molecular weight excluding hydrogens is 985 g/mol. The van der Waals surface area contributed by atoms with Gasteiger partial charge in [0.15, 0.2) is 0 Å². The lowest BCUT2D eigenvalue weighted by atomic mass is 9.94. The van der Waals surface area contributed by atoms with Gasteiger partial charge in [-0.25, -0.2) is 0 Å². The van der Waals surface area contributed by atoms with Crippen LogP contribution in [0, 0.1) is 0 Å². The summed E-state index contributed by atoms with van der Waals surface area (Å²) in [6.45, 7) is 0. The van der Waals surface area contributed by atoms with Gasteiger partial charge in [-0.1, -0.05) is 170 Å². The zero-order valence-corrected chi connectivity index (χ0v) is 44.0. The largest absolute Gasteiger partial charge is 0.312 e. The van der Waals surface area contributed by atoms with Crippen LogP contribution in [-0.4, -0.2) is 18.3 Å². The Morgan fingerprint density at radius 2 is 0.769 bits per heavy atom. The molecule has 0 unspecified atom stereocenters. The van der Waals surface area contributed by atoms with Crippen LogP contribution in [0.1, 0.15) is 34.5 Å². The van der Waals surface area contributed by atoms with E-state index in [1.165, 1.54) is 162 Å². The Morgan fingerprint density at radius 3 is 1.40 bits per heavy atom. The summed E-state index contributed by atoms with van der Waals surface area (Å²) in [5.41, 5.74) is 19.7. The molecule has 6 heterocycles. The molecule has 0 bridgehead atoms. The second-order valence-electron chi connectivity index (χ2n) is 21.2. The molecule has 0 radical (unpaired) electrons. The minimum absolute atomic E-state index is 0.940. The lowest BCUT2D eigenvalue weighted by Crippen LogP contribution is -2.07. The summed E-state index contributed by atoms with van der Waals surface area (Å²) in [4.78, 5) is 1.48. The molecule has 78 heavy (non-hydrogen) atoms. The molecule has 0 spiro atoms. The van der Waals surface area contributed by atoms with Gasteiger partial charge in [-0.05, 0) is 91.9 Å². The van der Waals surface area contributed by atoms with Crippen molar-refractivity contribution in [2.45, 2.75) is 25.7 Å². The SMILES string of the molecule is C1=Cc2c(sc3c(-n4c5ccccc5c5c(-n6c7ccccc7c7ccccc76)c(-c6ccc7c(c6-n6c8c(c9ccccc96)C=CCC8)c6ccccc6n7-c6cccc7c6sc6ccccc67)ccc54)cccc23)CC1. The minimum Gasteiger partial charge on any atom is -0.312 e. The zero-order chi connectivity index (χ0) is 50.7. The average Bonchev–Trinajstić information content (AvgIpc) is 4.40. The number of allylic oxidation sites excluding steroid dienone is 2. The number of nitrogens with zero attached hydrogens (tertiary/aromatic N) is 4. The van der Waals surface area contributed by atoms with E-state index in [1.54, 1.807) is 0 Å². The number of aromatic nitrogens is 4. The van der Waals surface area contributed by atoms with Gasteiger partial charge in [0.2, 0.25) is 0 Å². The van der Waals surface area contributed by atoms with E-state index in [9.17, 15) is 0 Å². The Morgan fingerprint density at radius 1 is 0.308 bits per heavy atom. The van der Waals surface area contributed by atoms with E-state index in [4.69, 9.17) is 0 Å². The number of benzene rings is 10. The van der Waals surface area contributed by atoms with Crippen molar-refractivity contribution >= 4 is 141 Å². The highest BCUT2D eigenvalue weighted by Gasteiger charge is 2.30. The van der Waals surface area contributed by atoms with Gasteiger partial charge in [-0.15, -0.1) is 22.7 Å². The van der Waals surface area contributed by atoms with Gasteiger partial charge in [0, 0.05) is 85.8 Å². The van der Waals surface area contributed by atoms with Gasteiger partial charge in [0.25, 0.3) is 0 Å². The van der Waals surface area contributed by atoms with Gasteiger partial charge in [-0.2, -0.15) is 0 Å². The quantitative estimate of drug-likeness (QED) is 0.164. The van der Waals surface area contributed by atoms with E-state index in [-0.39, 0.29) is 0 Å². The fourth-order valence-corrected chi connectivity index (χ4v) is 16.6. The molecule has 0 saturated heterocycles. The van der Waals surface area contributed by atoms with Crippen molar-refractivity contribution in [3.05, 3.63) is 240 Å². The predicted octanol–water partition coefficient (Wildman–Crippen LogP) is 20.1. The summed E-state index contributed by atoms with van der Waals surface area (Å²) < 4.78 is 14.4. The van der Waals surface area contributed by atoms with Gasteiger partial charge in [0.05, 0.1) is 70.8 Å². The summed E-state index contributed by atoms with van der Waals surface area (Å²) in [6, 6.07) is 78.1. The Labute approximate surface area is 456 Å². The maximum atomic E-state index is 2.68. The van der Waals surface area contributed by atoms with Crippen molar-refractivity contribution in [3.8, 4) is 33.9 Å². The first-order valence-electron chi connectivity index (χ1n) is 27.3. The first-order chi connectivity index (χ1) is 38.8. The van der Waals surface area contributed by atoms with Gasteiger partial charge in [0.1, 0.15) is 0 Å². The van der Waals surface area contributed by atoms with Crippen molar-refractivity contribution in [1.29, 1.82) is 0 Å². The Bertz CT molecular complexity index is 5290. The highest BCUT2D eigenvalue weighted by atomic mass is 32.1. The highest BCUT2D eigenvalue weighted by molar-refractivity contribution is 7.26. The maximum absolute atomic E-state index is 2.68. The molecule has 0 aliphatic heterocycles. The fourth-order valence-electron chi connectivity index (χ4n) is 14.1. The number of aryl methyl sites for hydroxylation is 1. The normalized spacial score (nSPS) is 13.6. The van der Waals surface area contributed by atoms with Crippen molar-refractivity contribution in [1.82, 2.24) is 18.3 Å². The third-order valence-corrected chi connectivity index (χ3v) is 19.8. The van der Waals surface area contributed by atoms with E-state index in [2.05, 4.69) is 249 Å². The molecule has 0 atom stereocenters. The van der Waals surface area contributed by atoms with Crippen LogP contribution in [0.3, 0.4) is 0 Å². The van der Waals surface area contributed by atoms with Crippen molar-refractivity contribution in [2.24, 2.45) is 0 Å². The smallest absolute Gasteiger partial charge is 0.0641 e. The molecule has 2 aliphatic carbocycles.